The van der Waals surface area contributed by atoms with Gasteiger partial charge in [0.25, 0.3) is 0 Å². The summed E-state index contributed by atoms with van der Waals surface area (Å²) in [5, 5.41) is 8.62. The second-order valence-corrected chi connectivity index (χ2v) is 8.05. The molecule has 1 atom stereocenters. The number of rotatable bonds is 8. The minimum Gasteiger partial charge on any atom is -0.460 e. The van der Waals surface area contributed by atoms with Crippen molar-refractivity contribution in [3.05, 3.63) is 94.3 Å². The van der Waals surface area contributed by atoms with Crippen LogP contribution in [0.4, 0.5) is 4.79 Å². The number of amides is 2. The molecule has 0 aliphatic rings. The van der Waals surface area contributed by atoms with Crippen LogP contribution in [0.5, 0.6) is 0 Å². The number of carbonyl (C=O) groups is 2. The van der Waals surface area contributed by atoms with Crippen molar-refractivity contribution in [2.45, 2.75) is 12.5 Å². The Bertz CT molecular complexity index is 1140. The van der Waals surface area contributed by atoms with Gasteiger partial charge in [0, 0.05) is 34.4 Å². The van der Waals surface area contributed by atoms with Gasteiger partial charge in [0.1, 0.15) is 13.2 Å². The van der Waals surface area contributed by atoms with E-state index in [1.54, 1.807) is 11.3 Å². The van der Waals surface area contributed by atoms with Gasteiger partial charge in [0.2, 0.25) is 0 Å². The number of benzene rings is 2. The van der Waals surface area contributed by atoms with Gasteiger partial charge in [-0.1, -0.05) is 54.6 Å². The van der Waals surface area contributed by atoms with Crippen LogP contribution in [0.15, 0.2) is 78.3 Å². The number of hydrogen-bond donors (Lipinski definition) is 3. The summed E-state index contributed by atoms with van der Waals surface area (Å²) in [7, 11) is 0. The lowest BCUT2D eigenvalue weighted by Crippen LogP contribution is -2.40. The van der Waals surface area contributed by atoms with Gasteiger partial charge in [-0.2, -0.15) is 0 Å². The Kier molecular flexibility index (Phi) is 6.64. The fraction of sp³-hybridized carbons (Fsp3) is 0.167. The molecule has 0 bridgehead atoms. The zero-order chi connectivity index (χ0) is 21.5. The highest BCUT2D eigenvalue weighted by Gasteiger charge is 2.20. The topological polar surface area (TPSA) is 83.2 Å². The zero-order valence-electron chi connectivity index (χ0n) is 16.8. The van der Waals surface area contributed by atoms with Gasteiger partial charge in [-0.3, -0.25) is 4.79 Å². The van der Waals surface area contributed by atoms with Gasteiger partial charge in [0.15, 0.2) is 0 Å². The quantitative estimate of drug-likeness (QED) is 0.360. The molecule has 158 valence electrons. The van der Waals surface area contributed by atoms with E-state index < -0.39 is 12.0 Å². The molecule has 1 unspecified atom stereocenters. The molecule has 4 aromatic rings. The molecule has 0 saturated heterocycles. The first-order chi connectivity index (χ1) is 15.2. The summed E-state index contributed by atoms with van der Waals surface area (Å²) in [5.41, 5.74) is 3.09. The number of fused-ring (bicyclic) bond motifs is 1. The van der Waals surface area contributed by atoms with Crippen molar-refractivity contribution in [1.29, 1.82) is 0 Å². The van der Waals surface area contributed by atoms with E-state index in [0.29, 0.717) is 6.54 Å². The third kappa shape index (κ3) is 5.32. The molecule has 2 amide bonds. The number of para-hydroxylation sites is 1. The fourth-order valence-corrected chi connectivity index (χ4v) is 4.28. The lowest BCUT2D eigenvalue weighted by atomic mass is 9.97. The van der Waals surface area contributed by atoms with E-state index in [4.69, 9.17) is 4.74 Å². The number of carbonyl (C=O) groups excluding carboxylic acids is 2. The minimum absolute atomic E-state index is 0.00642. The van der Waals surface area contributed by atoms with Gasteiger partial charge in [-0.15, -0.1) is 11.3 Å². The molecule has 0 fully saturated rings. The highest BCUT2D eigenvalue weighted by molar-refractivity contribution is 7.10. The van der Waals surface area contributed by atoms with Crippen molar-refractivity contribution in [1.82, 2.24) is 15.6 Å². The highest BCUT2D eigenvalue weighted by Crippen LogP contribution is 2.32. The molecule has 6 nitrogen and oxygen atoms in total. The second kappa shape index (κ2) is 9.95. The second-order valence-electron chi connectivity index (χ2n) is 7.07. The van der Waals surface area contributed by atoms with Crippen molar-refractivity contribution in [3.8, 4) is 0 Å². The SMILES string of the molecule is O=C(NCC(=O)OCc1ccccc1)NCC(c1cccs1)c1c[nH]c2ccccc12. The number of H-pyrrole nitrogens is 1. The Labute approximate surface area is 184 Å². The smallest absolute Gasteiger partial charge is 0.325 e. The Morgan fingerprint density at radius 1 is 0.968 bits per heavy atom. The van der Waals surface area contributed by atoms with Gasteiger partial charge in [0.05, 0.1) is 0 Å². The molecule has 2 aromatic heterocycles. The summed E-state index contributed by atoms with van der Waals surface area (Å²) in [5.74, 6) is -0.475. The molecule has 0 saturated carbocycles. The van der Waals surface area contributed by atoms with Gasteiger partial charge < -0.3 is 20.4 Å². The molecule has 0 radical (unpaired) electrons. The van der Waals surface area contributed by atoms with E-state index in [1.807, 2.05) is 66.2 Å². The molecule has 4 rings (SSSR count). The molecule has 31 heavy (non-hydrogen) atoms. The van der Waals surface area contributed by atoms with E-state index in [-0.39, 0.29) is 19.1 Å². The highest BCUT2D eigenvalue weighted by atomic mass is 32.1. The molecule has 0 aliphatic carbocycles. The van der Waals surface area contributed by atoms with Crippen LogP contribution < -0.4 is 10.6 Å². The maximum Gasteiger partial charge on any atom is 0.325 e. The summed E-state index contributed by atoms with van der Waals surface area (Å²) in [6, 6.07) is 21.2. The summed E-state index contributed by atoms with van der Waals surface area (Å²) < 4.78 is 5.19. The average Bonchev–Trinajstić information content (AvgIpc) is 3.48. The maximum atomic E-state index is 12.3. The lowest BCUT2D eigenvalue weighted by Gasteiger charge is -2.16. The first kappa shape index (κ1) is 20.7. The van der Waals surface area contributed by atoms with Gasteiger partial charge in [-0.05, 0) is 28.6 Å². The number of hydrogen-bond acceptors (Lipinski definition) is 4. The number of nitrogens with one attached hydrogen (secondary N) is 3. The van der Waals surface area contributed by atoms with E-state index >= 15 is 0 Å². The van der Waals surface area contributed by atoms with E-state index in [9.17, 15) is 9.59 Å². The number of ether oxygens (including phenoxy) is 1. The standard InChI is InChI=1S/C24H23N3O3S/c28-23(30-16-17-7-2-1-3-8-17)15-27-24(29)26-14-20(22-11-6-12-31-22)19-13-25-21-10-5-4-9-18(19)21/h1-13,20,25H,14-16H2,(H2,26,27,29). The monoisotopic (exact) mass is 433 g/mol. The number of esters is 1. The number of aromatic amines is 1. The minimum atomic E-state index is -0.481. The maximum absolute atomic E-state index is 12.3. The van der Waals surface area contributed by atoms with Crippen molar-refractivity contribution in [2.24, 2.45) is 0 Å². The van der Waals surface area contributed by atoms with Crippen molar-refractivity contribution in [2.75, 3.05) is 13.1 Å². The molecule has 2 aromatic carbocycles. The van der Waals surface area contributed by atoms with E-state index in [0.717, 1.165) is 26.9 Å². The molecular weight excluding hydrogens is 410 g/mol. The van der Waals surface area contributed by atoms with E-state index in [1.165, 1.54) is 0 Å². The average molecular weight is 434 g/mol. The Morgan fingerprint density at radius 3 is 2.58 bits per heavy atom. The predicted molar refractivity (Wildman–Crippen MR) is 122 cm³/mol. The zero-order valence-corrected chi connectivity index (χ0v) is 17.7. The van der Waals surface area contributed by atoms with Crippen LogP contribution in [0.3, 0.4) is 0 Å². The Morgan fingerprint density at radius 2 is 1.77 bits per heavy atom. The molecular formula is C24H23N3O3S. The summed E-state index contributed by atoms with van der Waals surface area (Å²) in [4.78, 5) is 28.7. The summed E-state index contributed by atoms with van der Waals surface area (Å²) >= 11 is 1.65. The Balaban J connectivity index is 1.32. The van der Waals surface area contributed by atoms with Gasteiger partial charge in [-0.25, -0.2) is 4.79 Å². The van der Waals surface area contributed by atoms with Crippen LogP contribution in [0.2, 0.25) is 0 Å². The molecule has 3 N–H and O–H groups in total. The van der Waals surface area contributed by atoms with Crippen LogP contribution >= 0.6 is 11.3 Å². The first-order valence-corrected chi connectivity index (χ1v) is 10.9. The van der Waals surface area contributed by atoms with Gasteiger partial charge >= 0.3 is 12.0 Å². The molecule has 0 spiro atoms. The number of thiophene rings is 1. The normalized spacial score (nSPS) is 11.7. The summed E-state index contributed by atoms with van der Waals surface area (Å²) in [6.07, 6.45) is 2.00. The van der Waals surface area contributed by atoms with Crippen molar-refractivity contribution in [3.63, 3.8) is 0 Å². The largest absolute Gasteiger partial charge is 0.460 e. The first-order valence-electron chi connectivity index (χ1n) is 10.0. The van der Waals surface area contributed by atoms with E-state index in [2.05, 4.69) is 27.8 Å². The van der Waals surface area contributed by atoms with Crippen LogP contribution in [-0.2, 0) is 16.1 Å². The van der Waals surface area contributed by atoms with Crippen LogP contribution in [0.25, 0.3) is 10.9 Å². The number of aromatic nitrogens is 1. The predicted octanol–water partition coefficient (Wildman–Crippen LogP) is 4.40. The third-order valence-electron chi connectivity index (χ3n) is 4.99. The molecule has 7 heteroatoms. The number of urea groups is 1. The van der Waals surface area contributed by atoms with Crippen molar-refractivity contribution < 1.29 is 14.3 Å². The third-order valence-corrected chi connectivity index (χ3v) is 5.97. The summed E-state index contributed by atoms with van der Waals surface area (Å²) in [6.45, 7) is 0.409. The fourth-order valence-electron chi connectivity index (χ4n) is 3.43. The van der Waals surface area contributed by atoms with Crippen LogP contribution in [0, 0.1) is 0 Å². The van der Waals surface area contributed by atoms with Crippen LogP contribution in [-0.4, -0.2) is 30.1 Å². The lowest BCUT2D eigenvalue weighted by molar-refractivity contribution is -0.143. The van der Waals surface area contributed by atoms with Crippen molar-refractivity contribution >= 4 is 34.2 Å². The molecule has 2 heterocycles. The van der Waals surface area contributed by atoms with Crippen LogP contribution in [0.1, 0.15) is 21.9 Å². The Hall–Kier alpha value is -3.58. The molecule has 0 aliphatic heterocycles.